The van der Waals surface area contributed by atoms with Gasteiger partial charge in [0.2, 0.25) is 0 Å². The third-order valence-electron chi connectivity index (χ3n) is 2.57. The van der Waals surface area contributed by atoms with Crippen LogP contribution in [0.15, 0.2) is 54.6 Å². The van der Waals surface area contributed by atoms with Crippen LogP contribution in [0.25, 0.3) is 0 Å². The molecule has 3 heteroatoms. The summed E-state index contributed by atoms with van der Waals surface area (Å²) in [4.78, 5) is 12.0. The van der Waals surface area contributed by atoms with Gasteiger partial charge < -0.3 is 0 Å². The van der Waals surface area contributed by atoms with Crippen LogP contribution in [-0.4, -0.2) is 11.1 Å². The van der Waals surface area contributed by atoms with E-state index in [4.69, 9.17) is 0 Å². The summed E-state index contributed by atoms with van der Waals surface area (Å²) in [5.74, 6) is -0.422. The van der Waals surface area contributed by atoms with Crippen molar-refractivity contribution in [3.05, 3.63) is 65.7 Å². The smallest absolute Gasteiger partial charge is 0.281 e. The number of anilines is 1. The van der Waals surface area contributed by atoms with Gasteiger partial charge in [0.15, 0.2) is 0 Å². The van der Waals surface area contributed by atoms with Crippen molar-refractivity contribution < 1.29 is 10.0 Å². The molecule has 0 aliphatic heterocycles. The molecular formula is C14H13NO2. The summed E-state index contributed by atoms with van der Waals surface area (Å²) in [6.45, 7) is 1.84. The van der Waals surface area contributed by atoms with Gasteiger partial charge in [0.1, 0.15) is 0 Å². The quantitative estimate of drug-likeness (QED) is 0.632. The highest BCUT2D eigenvalue weighted by Crippen LogP contribution is 2.16. The Kier molecular flexibility index (Phi) is 3.21. The maximum atomic E-state index is 12.0. The van der Waals surface area contributed by atoms with Crippen LogP contribution in [-0.2, 0) is 0 Å². The maximum Gasteiger partial charge on any atom is 0.282 e. The van der Waals surface area contributed by atoms with Crippen LogP contribution in [0.3, 0.4) is 0 Å². The number of aryl methyl sites for hydroxylation is 1. The molecule has 1 amide bonds. The number of benzene rings is 2. The number of hydrogen-bond acceptors (Lipinski definition) is 2. The van der Waals surface area contributed by atoms with Gasteiger partial charge in [0.05, 0.1) is 5.69 Å². The Morgan fingerprint density at radius 1 is 1.00 bits per heavy atom. The molecule has 1 N–H and O–H groups in total. The Morgan fingerprint density at radius 3 is 2.24 bits per heavy atom. The van der Waals surface area contributed by atoms with Crippen molar-refractivity contribution >= 4 is 11.6 Å². The van der Waals surface area contributed by atoms with E-state index in [1.165, 1.54) is 0 Å². The number of nitrogens with zero attached hydrogens (tertiary/aromatic N) is 1. The molecule has 0 aliphatic rings. The van der Waals surface area contributed by atoms with E-state index in [9.17, 15) is 10.0 Å². The standard InChI is InChI=1S/C14H13NO2/c1-11-7-5-6-10-13(11)14(16)15(17)12-8-3-2-4-9-12/h2-10,17H,1H3. The molecule has 2 rings (SSSR count). The van der Waals surface area contributed by atoms with Crippen LogP contribution in [0.5, 0.6) is 0 Å². The minimum atomic E-state index is -0.422. The molecule has 0 aromatic heterocycles. The molecule has 0 aliphatic carbocycles. The Hall–Kier alpha value is -2.13. The second-order valence-electron chi connectivity index (χ2n) is 3.77. The molecule has 0 saturated heterocycles. The van der Waals surface area contributed by atoms with Crippen LogP contribution < -0.4 is 5.06 Å². The lowest BCUT2D eigenvalue weighted by Crippen LogP contribution is -2.27. The van der Waals surface area contributed by atoms with Gasteiger partial charge in [-0.25, -0.2) is 0 Å². The van der Waals surface area contributed by atoms with Gasteiger partial charge in [0.25, 0.3) is 5.91 Å². The fourth-order valence-corrected chi connectivity index (χ4v) is 1.61. The normalized spacial score (nSPS) is 10.0. The average Bonchev–Trinajstić information content (AvgIpc) is 2.39. The molecular weight excluding hydrogens is 214 g/mol. The average molecular weight is 227 g/mol. The molecule has 0 spiro atoms. The number of para-hydroxylation sites is 1. The summed E-state index contributed by atoms with van der Waals surface area (Å²) in [7, 11) is 0. The van der Waals surface area contributed by atoms with Crippen molar-refractivity contribution in [2.45, 2.75) is 6.92 Å². The summed E-state index contributed by atoms with van der Waals surface area (Å²) in [5.41, 5.74) is 1.80. The van der Waals surface area contributed by atoms with Crippen LogP contribution in [0.2, 0.25) is 0 Å². The molecule has 0 bridgehead atoms. The van der Waals surface area contributed by atoms with Gasteiger partial charge >= 0.3 is 0 Å². The zero-order valence-corrected chi connectivity index (χ0v) is 9.50. The van der Waals surface area contributed by atoms with E-state index in [1.54, 1.807) is 36.4 Å². The highest BCUT2D eigenvalue weighted by atomic mass is 16.5. The van der Waals surface area contributed by atoms with Gasteiger partial charge in [-0.15, -0.1) is 0 Å². The van der Waals surface area contributed by atoms with Gasteiger partial charge in [-0.2, -0.15) is 5.06 Å². The van der Waals surface area contributed by atoms with E-state index in [2.05, 4.69) is 0 Å². The summed E-state index contributed by atoms with van der Waals surface area (Å²) in [6.07, 6.45) is 0. The highest BCUT2D eigenvalue weighted by Gasteiger charge is 2.16. The third-order valence-corrected chi connectivity index (χ3v) is 2.57. The number of hydroxylamine groups is 1. The molecule has 17 heavy (non-hydrogen) atoms. The molecule has 86 valence electrons. The summed E-state index contributed by atoms with van der Waals surface area (Å²) in [6, 6.07) is 15.9. The zero-order valence-electron chi connectivity index (χ0n) is 9.50. The van der Waals surface area contributed by atoms with Crippen molar-refractivity contribution in [2.75, 3.05) is 5.06 Å². The number of amides is 1. The van der Waals surface area contributed by atoms with E-state index < -0.39 is 5.91 Å². The first-order chi connectivity index (χ1) is 8.20. The topological polar surface area (TPSA) is 40.5 Å². The van der Waals surface area contributed by atoms with Crippen molar-refractivity contribution in [2.24, 2.45) is 0 Å². The van der Waals surface area contributed by atoms with Crippen molar-refractivity contribution in [1.82, 2.24) is 0 Å². The van der Waals surface area contributed by atoms with E-state index in [0.29, 0.717) is 16.3 Å². The largest absolute Gasteiger partial charge is 0.282 e. The molecule has 0 atom stereocenters. The molecule has 0 heterocycles. The SMILES string of the molecule is Cc1ccccc1C(=O)N(O)c1ccccc1. The lowest BCUT2D eigenvalue weighted by atomic mass is 10.1. The number of rotatable bonds is 2. The molecule has 2 aromatic carbocycles. The Bertz CT molecular complexity index is 523. The van der Waals surface area contributed by atoms with E-state index in [-0.39, 0.29) is 0 Å². The second-order valence-corrected chi connectivity index (χ2v) is 3.77. The lowest BCUT2D eigenvalue weighted by Gasteiger charge is -2.15. The molecule has 0 fully saturated rings. The van der Waals surface area contributed by atoms with E-state index in [1.807, 2.05) is 25.1 Å². The summed E-state index contributed by atoms with van der Waals surface area (Å²) < 4.78 is 0. The minimum Gasteiger partial charge on any atom is -0.281 e. The van der Waals surface area contributed by atoms with Gasteiger partial charge in [-0.3, -0.25) is 10.0 Å². The van der Waals surface area contributed by atoms with Crippen molar-refractivity contribution in [1.29, 1.82) is 0 Å². The minimum absolute atomic E-state index is 0.422. The fourth-order valence-electron chi connectivity index (χ4n) is 1.61. The molecule has 0 radical (unpaired) electrons. The predicted molar refractivity (Wildman–Crippen MR) is 66.2 cm³/mol. The first-order valence-corrected chi connectivity index (χ1v) is 5.34. The summed E-state index contributed by atoms with van der Waals surface area (Å²) >= 11 is 0. The van der Waals surface area contributed by atoms with Gasteiger partial charge in [0, 0.05) is 5.56 Å². The first-order valence-electron chi connectivity index (χ1n) is 5.34. The molecule has 2 aromatic rings. The molecule has 0 unspecified atom stereocenters. The lowest BCUT2D eigenvalue weighted by molar-refractivity contribution is 0.0854. The number of hydrogen-bond donors (Lipinski definition) is 1. The van der Waals surface area contributed by atoms with Crippen LogP contribution in [0.4, 0.5) is 5.69 Å². The molecule has 3 nitrogen and oxygen atoms in total. The predicted octanol–water partition coefficient (Wildman–Crippen LogP) is 3.03. The zero-order chi connectivity index (χ0) is 12.3. The van der Waals surface area contributed by atoms with E-state index >= 15 is 0 Å². The van der Waals surface area contributed by atoms with E-state index in [0.717, 1.165) is 5.56 Å². The van der Waals surface area contributed by atoms with Crippen LogP contribution >= 0.6 is 0 Å². The Labute approximate surface area is 99.9 Å². The Balaban J connectivity index is 2.30. The highest BCUT2D eigenvalue weighted by molar-refractivity contribution is 6.05. The number of carbonyl (C=O) groups is 1. The van der Waals surface area contributed by atoms with Crippen LogP contribution in [0.1, 0.15) is 15.9 Å². The molecule has 0 saturated carbocycles. The summed E-state index contributed by atoms with van der Waals surface area (Å²) in [5, 5.41) is 10.5. The van der Waals surface area contributed by atoms with Crippen molar-refractivity contribution in [3.8, 4) is 0 Å². The maximum absolute atomic E-state index is 12.0. The number of carbonyl (C=O) groups excluding carboxylic acids is 1. The van der Waals surface area contributed by atoms with Crippen molar-refractivity contribution in [3.63, 3.8) is 0 Å². The fraction of sp³-hybridized carbons (Fsp3) is 0.0714. The Morgan fingerprint density at radius 2 is 1.59 bits per heavy atom. The van der Waals surface area contributed by atoms with Crippen LogP contribution in [0, 0.1) is 6.92 Å². The van der Waals surface area contributed by atoms with Gasteiger partial charge in [-0.05, 0) is 30.7 Å². The second kappa shape index (κ2) is 4.80. The van der Waals surface area contributed by atoms with Gasteiger partial charge in [-0.1, -0.05) is 36.4 Å². The first kappa shape index (κ1) is 11.4. The third kappa shape index (κ3) is 2.34. The monoisotopic (exact) mass is 227 g/mol.